The van der Waals surface area contributed by atoms with Gasteiger partial charge >= 0.3 is 0 Å². The third-order valence-electron chi connectivity index (χ3n) is 4.15. The lowest BCUT2D eigenvalue weighted by molar-refractivity contribution is -0.135. The summed E-state index contributed by atoms with van der Waals surface area (Å²) < 4.78 is 16.7. The molecule has 2 unspecified atom stereocenters. The molecule has 2 aromatic rings. The van der Waals surface area contributed by atoms with Gasteiger partial charge in [0.25, 0.3) is 5.91 Å². The van der Waals surface area contributed by atoms with E-state index in [0.29, 0.717) is 13.2 Å². The van der Waals surface area contributed by atoms with E-state index in [2.05, 4.69) is 10.6 Å². The van der Waals surface area contributed by atoms with Gasteiger partial charge in [-0.3, -0.25) is 4.79 Å². The minimum absolute atomic E-state index is 0.123. The van der Waals surface area contributed by atoms with E-state index in [1.165, 1.54) is 0 Å². The lowest BCUT2D eigenvalue weighted by atomic mass is 10.1. The maximum Gasteiger partial charge on any atom is 0.251 e. The van der Waals surface area contributed by atoms with Crippen LogP contribution in [0.25, 0.3) is 11.0 Å². The quantitative estimate of drug-likeness (QED) is 0.901. The molecule has 2 N–H and O–H groups in total. The van der Waals surface area contributed by atoms with E-state index in [-0.39, 0.29) is 11.9 Å². The van der Waals surface area contributed by atoms with Gasteiger partial charge in [0.15, 0.2) is 0 Å². The first kappa shape index (κ1) is 15.8. The van der Waals surface area contributed by atoms with Crippen LogP contribution in [0, 0.1) is 6.92 Å². The van der Waals surface area contributed by atoms with Crippen LogP contribution in [-0.4, -0.2) is 38.8 Å². The van der Waals surface area contributed by atoms with E-state index in [4.69, 9.17) is 13.9 Å². The fourth-order valence-corrected chi connectivity index (χ4v) is 2.86. The summed E-state index contributed by atoms with van der Waals surface area (Å²) in [7, 11) is 1.64. The molecule has 2 atom stereocenters. The highest BCUT2D eigenvalue weighted by molar-refractivity contribution is 5.85. The van der Waals surface area contributed by atoms with Gasteiger partial charge in [0, 0.05) is 24.0 Å². The van der Waals surface area contributed by atoms with Gasteiger partial charge in [0.1, 0.15) is 23.2 Å². The predicted octanol–water partition coefficient (Wildman–Crippen LogP) is 1.92. The summed E-state index contributed by atoms with van der Waals surface area (Å²) in [5, 5.41) is 7.11. The Bertz CT molecular complexity index is 704. The molecule has 3 rings (SSSR count). The molecular formula is C17H22N2O4. The number of ether oxygens (including phenoxy) is 2. The van der Waals surface area contributed by atoms with Crippen molar-refractivity contribution >= 4 is 16.9 Å². The standard InChI is InChI=1S/C17H22N2O4/c1-10-13-8-12(21-3)4-5-14(13)23-16(10)11(2)19-17(20)15-9-18-6-7-22-15/h4-5,8,11,15,18H,6-7,9H2,1-3H3,(H,19,20). The van der Waals surface area contributed by atoms with Crippen molar-refractivity contribution in [2.45, 2.75) is 26.0 Å². The Balaban J connectivity index is 1.78. The number of hydrogen-bond donors (Lipinski definition) is 2. The topological polar surface area (TPSA) is 72.7 Å². The highest BCUT2D eigenvalue weighted by atomic mass is 16.5. The molecule has 1 aromatic heterocycles. The van der Waals surface area contributed by atoms with Crippen LogP contribution in [0.4, 0.5) is 0 Å². The first-order valence-corrected chi connectivity index (χ1v) is 7.80. The number of hydrogen-bond acceptors (Lipinski definition) is 5. The number of benzene rings is 1. The van der Waals surface area contributed by atoms with Crippen molar-refractivity contribution in [3.63, 3.8) is 0 Å². The summed E-state index contributed by atoms with van der Waals surface area (Å²) in [6.45, 7) is 5.77. The molecule has 1 aliphatic heterocycles. The maximum absolute atomic E-state index is 12.3. The van der Waals surface area contributed by atoms with Gasteiger partial charge in [-0.2, -0.15) is 0 Å². The van der Waals surface area contributed by atoms with Crippen molar-refractivity contribution in [3.8, 4) is 5.75 Å². The Morgan fingerprint density at radius 3 is 3.00 bits per heavy atom. The van der Waals surface area contributed by atoms with E-state index in [1.54, 1.807) is 7.11 Å². The Hall–Kier alpha value is -2.05. The Kier molecular flexibility index (Phi) is 4.54. The number of furan rings is 1. The van der Waals surface area contributed by atoms with Crippen LogP contribution in [0.2, 0.25) is 0 Å². The number of carbonyl (C=O) groups is 1. The first-order chi connectivity index (χ1) is 11.1. The van der Waals surface area contributed by atoms with Crippen LogP contribution in [0.3, 0.4) is 0 Å². The summed E-state index contributed by atoms with van der Waals surface area (Å²) in [6, 6.07) is 5.46. The van der Waals surface area contributed by atoms with Crippen molar-refractivity contribution in [3.05, 3.63) is 29.5 Å². The molecule has 1 amide bonds. The van der Waals surface area contributed by atoms with E-state index in [0.717, 1.165) is 34.6 Å². The number of rotatable bonds is 4. The van der Waals surface area contributed by atoms with Gasteiger partial charge in [-0.1, -0.05) is 0 Å². The molecule has 1 aromatic carbocycles. The zero-order chi connectivity index (χ0) is 16.4. The zero-order valence-corrected chi connectivity index (χ0v) is 13.6. The van der Waals surface area contributed by atoms with E-state index in [9.17, 15) is 4.79 Å². The smallest absolute Gasteiger partial charge is 0.251 e. The lowest BCUT2D eigenvalue weighted by Crippen LogP contribution is -2.48. The van der Waals surface area contributed by atoms with Gasteiger partial charge in [0.2, 0.25) is 0 Å². The molecule has 6 heteroatoms. The number of fused-ring (bicyclic) bond motifs is 1. The third-order valence-corrected chi connectivity index (χ3v) is 4.15. The number of carbonyl (C=O) groups excluding carboxylic acids is 1. The first-order valence-electron chi connectivity index (χ1n) is 7.80. The molecule has 6 nitrogen and oxygen atoms in total. The van der Waals surface area contributed by atoms with Crippen LogP contribution in [0.1, 0.15) is 24.3 Å². The predicted molar refractivity (Wildman–Crippen MR) is 86.7 cm³/mol. The number of amides is 1. The second kappa shape index (κ2) is 6.60. The average molecular weight is 318 g/mol. The van der Waals surface area contributed by atoms with Crippen molar-refractivity contribution in [1.29, 1.82) is 0 Å². The summed E-state index contributed by atoms with van der Waals surface area (Å²) in [5.74, 6) is 1.42. The molecule has 0 bridgehead atoms. The molecule has 1 fully saturated rings. The Labute approximate surface area is 135 Å². The lowest BCUT2D eigenvalue weighted by Gasteiger charge is -2.24. The van der Waals surface area contributed by atoms with E-state index in [1.807, 2.05) is 32.0 Å². The molecule has 0 aliphatic carbocycles. The van der Waals surface area contributed by atoms with E-state index < -0.39 is 6.10 Å². The van der Waals surface area contributed by atoms with Crippen molar-refractivity contribution in [2.24, 2.45) is 0 Å². The van der Waals surface area contributed by atoms with Gasteiger partial charge < -0.3 is 24.5 Å². The molecule has 0 spiro atoms. The number of nitrogens with one attached hydrogen (secondary N) is 2. The third kappa shape index (κ3) is 3.18. The Morgan fingerprint density at radius 2 is 2.30 bits per heavy atom. The Morgan fingerprint density at radius 1 is 1.48 bits per heavy atom. The fraction of sp³-hybridized carbons (Fsp3) is 0.471. The minimum Gasteiger partial charge on any atom is -0.497 e. The van der Waals surface area contributed by atoms with Gasteiger partial charge in [-0.15, -0.1) is 0 Å². The molecule has 23 heavy (non-hydrogen) atoms. The molecule has 124 valence electrons. The van der Waals surface area contributed by atoms with Gasteiger partial charge in [-0.25, -0.2) is 0 Å². The highest BCUT2D eigenvalue weighted by Crippen LogP contribution is 2.31. The van der Waals surface area contributed by atoms with Crippen LogP contribution < -0.4 is 15.4 Å². The van der Waals surface area contributed by atoms with E-state index >= 15 is 0 Å². The summed E-state index contributed by atoms with van der Waals surface area (Å²) >= 11 is 0. The van der Waals surface area contributed by atoms with Crippen LogP contribution in [0.5, 0.6) is 5.75 Å². The maximum atomic E-state index is 12.3. The normalized spacial score (nSPS) is 19.5. The zero-order valence-electron chi connectivity index (χ0n) is 13.6. The number of methoxy groups -OCH3 is 1. The summed E-state index contributed by atoms with van der Waals surface area (Å²) in [6.07, 6.45) is -0.448. The summed E-state index contributed by atoms with van der Waals surface area (Å²) in [5.41, 5.74) is 1.80. The van der Waals surface area contributed by atoms with Crippen LogP contribution in [-0.2, 0) is 9.53 Å². The molecule has 1 aliphatic rings. The molecular weight excluding hydrogens is 296 g/mol. The summed E-state index contributed by atoms with van der Waals surface area (Å²) in [4.78, 5) is 12.3. The van der Waals surface area contributed by atoms with Gasteiger partial charge in [0.05, 0.1) is 19.8 Å². The molecule has 0 radical (unpaired) electrons. The van der Waals surface area contributed by atoms with Crippen molar-refractivity contribution in [1.82, 2.24) is 10.6 Å². The molecule has 1 saturated heterocycles. The highest BCUT2D eigenvalue weighted by Gasteiger charge is 2.25. The van der Waals surface area contributed by atoms with Gasteiger partial charge in [-0.05, 0) is 32.0 Å². The number of morpholine rings is 1. The van der Waals surface area contributed by atoms with Crippen molar-refractivity contribution in [2.75, 3.05) is 26.8 Å². The average Bonchev–Trinajstić information content (AvgIpc) is 2.92. The van der Waals surface area contributed by atoms with Crippen molar-refractivity contribution < 1.29 is 18.7 Å². The van der Waals surface area contributed by atoms with Crippen LogP contribution >= 0.6 is 0 Å². The van der Waals surface area contributed by atoms with Crippen LogP contribution in [0.15, 0.2) is 22.6 Å². The SMILES string of the molecule is COc1ccc2oc(C(C)NC(=O)C3CNCCO3)c(C)c2c1. The minimum atomic E-state index is -0.448. The monoisotopic (exact) mass is 318 g/mol. The molecule has 2 heterocycles. The number of aryl methyl sites for hydroxylation is 1. The second-order valence-electron chi connectivity index (χ2n) is 5.75. The molecule has 0 saturated carbocycles. The largest absolute Gasteiger partial charge is 0.497 e. The fourth-order valence-electron chi connectivity index (χ4n) is 2.86. The second-order valence-corrected chi connectivity index (χ2v) is 5.75.